The second-order valence-electron chi connectivity index (χ2n) is 6.61. The van der Waals surface area contributed by atoms with Crippen LogP contribution in [0, 0.1) is 0 Å². The standard InChI is InChI=1S/C18H20N2O5/c1-11(2)19-16(23)13-6-4-5-7-14(13)20-15(22)8-9-18(19,20)17(24)25-10-12(3)21/h4-7,11H,8-10H2,1-3H3/t18-/m0/s1. The van der Waals surface area contributed by atoms with Gasteiger partial charge in [-0.15, -0.1) is 0 Å². The van der Waals surface area contributed by atoms with Crippen molar-refractivity contribution in [2.24, 2.45) is 0 Å². The van der Waals surface area contributed by atoms with Crippen LogP contribution in [0.2, 0.25) is 0 Å². The van der Waals surface area contributed by atoms with E-state index >= 15 is 0 Å². The van der Waals surface area contributed by atoms with Gasteiger partial charge < -0.3 is 9.64 Å². The van der Waals surface area contributed by atoms with E-state index in [4.69, 9.17) is 4.74 Å². The number of ether oxygens (including phenoxy) is 1. The van der Waals surface area contributed by atoms with E-state index in [1.807, 2.05) is 0 Å². The van der Waals surface area contributed by atoms with E-state index in [2.05, 4.69) is 0 Å². The van der Waals surface area contributed by atoms with Gasteiger partial charge >= 0.3 is 5.97 Å². The van der Waals surface area contributed by atoms with Crippen molar-refractivity contribution < 1.29 is 23.9 Å². The molecule has 2 aliphatic heterocycles. The number of para-hydroxylation sites is 1. The number of carbonyl (C=O) groups is 4. The minimum Gasteiger partial charge on any atom is -0.455 e. The summed E-state index contributed by atoms with van der Waals surface area (Å²) in [6, 6.07) is 6.40. The highest BCUT2D eigenvalue weighted by atomic mass is 16.5. The van der Waals surface area contributed by atoms with E-state index < -0.39 is 11.6 Å². The van der Waals surface area contributed by atoms with Crippen molar-refractivity contribution in [1.82, 2.24) is 4.90 Å². The van der Waals surface area contributed by atoms with Gasteiger partial charge in [-0.25, -0.2) is 4.79 Å². The average Bonchev–Trinajstić information content (AvgIpc) is 2.91. The second kappa shape index (κ2) is 5.98. The van der Waals surface area contributed by atoms with E-state index in [9.17, 15) is 19.2 Å². The number of fused-ring (bicyclic) bond motifs is 3. The fourth-order valence-electron chi connectivity index (χ4n) is 3.66. The van der Waals surface area contributed by atoms with Gasteiger partial charge in [0.25, 0.3) is 5.91 Å². The zero-order valence-electron chi connectivity index (χ0n) is 14.4. The SMILES string of the molecule is CC(=O)COC(=O)[C@]12CCC(=O)N1c1ccccc1C(=O)N2C(C)C. The number of anilines is 1. The number of nitrogens with zero attached hydrogens (tertiary/aromatic N) is 2. The molecule has 7 nitrogen and oxygen atoms in total. The van der Waals surface area contributed by atoms with Crippen molar-refractivity contribution in [2.75, 3.05) is 11.5 Å². The van der Waals surface area contributed by atoms with E-state index in [1.165, 1.54) is 16.7 Å². The summed E-state index contributed by atoms with van der Waals surface area (Å²) in [7, 11) is 0. The van der Waals surface area contributed by atoms with Crippen molar-refractivity contribution >= 4 is 29.3 Å². The lowest BCUT2D eigenvalue weighted by atomic mass is 9.95. The summed E-state index contributed by atoms with van der Waals surface area (Å²) in [6.45, 7) is 4.49. The fraction of sp³-hybridized carbons (Fsp3) is 0.444. The summed E-state index contributed by atoms with van der Waals surface area (Å²) < 4.78 is 5.16. The molecule has 2 amide bonds. The Labute approximate surface area is 145 Å². The van der Waals surface area contributed by atoms with Crippen molar-refractivity contribution in [3.05, 3.63) is 29.8 Å². The minimum atomic E-state index is -1.54. The third-order valence-electron chi connectivity index (χ3n) is 4.55. The molecule has 0 spiro atoms. The molecule has 3 rings (SSSR count). The maximum atomic E-state index is 13.1. The predicted octanol–water partition coefficient (Wildman–Crippen LogP) is 1.51. The van der Waals surface area contributed by atoms with E-state index in [0.717, 1.165) is 0 Å². The molecule has 2 aliphatic rings. The number of ketones is 1. The Kier molecular flexibility index (Phi) is 4.10. The number of hydrogen-bond donors (Lipinski definition) is 0. The van der Waals surface area contributed by atoms with Crippen LogP contribution >= 0.6 is 0 Å². The van der Waals surface area contributed by atoms with Crippen molar-refractivity contribution in [3.63, 3.8) is 0 Å². The first-order chi connectivity index (χ1) is 11.8. The molecule has 1 aromatic rings. The van der Waals surface area contributed by atoms with E-state index in [-0.39, 0.29) is 43.1 Å². The molecule has 1 aromatic carbocycles. The van der Waals surface area contributed by atoms with Crippen LogP contribution in [0.15, 0.2) is 24.3 Å². The van der Waals surface area contributed by atoms with Crippen molar-refractivity contribution in [3.8, 4) is 0 Å². The van der Waals surface area contributed by atoms with Crippen molar-refractivity contribution in [2.45, 2.75) is 45.3 Å². The number of Topliss-reactive ketones (excluding diaryl/α,β-unsaturated/α-hetero) is 1. The number of benzene rings is 1. The molecule has 0 aromatic heterocycles. The first-order valence-electron chi connectivity index (χ1n) is 8.23. The zero-order valence-corrected chi connectivity index (χ0v) is 14.4. The van der Waals surface area contributed by atoms with Crippen LogP contribution in [-0.4, -0.2) is 46.8 Å². The lowest BCUT2D eigenvalue weighted by Crippen LogP contribution is -2.70. The summed E-state index contributed by atoms with van der Waals surface area (Å²) in [4.78, 5) is 52.6. The molecule has 25 heavy (non-hydrogen) atoms. The zero-order chi connectivity index (χ0) is 18.4. The van der Waals surface area contributed by atoms with E-state index in [0.29, 0.717) is 11.3 Å². The smallest absolute Gasteiger partial charge is 0.354 e. The molecular formula is C18H20N2O5. The van der Waals surface area contributed by atoms with Crippen LogP contribution in [0.25, 0.3) is 0 Å². The van der Waals surface area contributed by atoms with Gasteiger partial charge in [-0.2, -0.15) is 0 Å². The maximum Gasteiger partial charge on any atom is 0.354 e. The Bertz CT molecular complexity index is 772. The molecular weight excluding hydrogens is 324 g/mol. The predicted molar refractivity (Wildman–Crippen MR) is 88.8 cm³/mol. The van der Waals surface area contributed by atoms with Gasteiger partial charge in [0.2, 0.25) is 11.6 Å². The largest absolute Gasteiger partial charge is 0.455 e. The van der Waals surface area contributed by atoms with Crippen molar-refractivity contribution in [1.29, 1.82) is 0 Å². The van der Waals surface area contributed by atoms with Crippen LogP contribution in [0.4, 0.5) is 5.69 Å². The summed E-state index contributed by atoms with van der Waals surface area (Å²) in [6.07, 6.45) is 0.265. The molecule has 0 N–H and O–H groups in total. The molecule has 132 valence electrons. The lowest BCUT2D eigenvalue weighted by molar-refractivity contribution is -0.160. The first kappa shape index (κ1) is 17.1. The van der Waals surface area contributed by atoms with Gasteiger partial charge in [0.05, 0.1) is 11.3 Å². The topological polar surface area (TPSA) is 84.0 Å². The van der Waals surface area contributed by atoms with Crippen LogP contribution in [0.5, 0.6) is 0 Å². The first-order valence-corrected chi connectivity index (χ1v) is 8.23. The van der Waals surface area contributed by atoms with Gasteiger partial charge in [-0.05, 0) is 32.9 Å². The van der Waals surface area contributed by atoms with Gasteiger partial charge in [-0.1, -0.05) is 12.1 Å². The van der Waals surface area contributed by atoms with Gasteiger partial charge in [0.15, 0.2) is 5.78 Å². The van der Waals surface area contributed by atoms with Gasteiger partial charge in [0.1, 0.15) is 6.61 Å². The molecule has 0 aliphatic carbocycles. The number of esters is 1. The van der Waals surface area contributed by atoms with Crippen LogP contribution in [-0.2, 0) is 19.1 Å². The molecule has 0 saturated carbocycles. The highest BCUT2D eigenvalue weighted by Gasteiger charge is 2.62. The third-order valence-corrected chi connectivity index (χ3v) is 4.55. The molecule has 1 saturated heterocycles. The summed E-state index contributed by atoms with van der Waals surface area (Å²) >= 11 is 0. The molecule has 0 unspecified atom stereocenters. The number of rotatable bonds is 4. The molecule has 0 radical (unpaired) electrons. The molecule has 1 fully saturated rings. The van der Waals surface area contributed by atoms with Gasteiger partial charge in [0, 0.05) is 18.9 Å². The third kappa shape index (κ3) is 2.42. The van der Waals surface area contributed by atoms with Crippen LogP contribution in [0.3, 0.4) is 0 Å². The summed E-state index contributed by atoms with van der Waals surface area (Å²) in [5.74, 6) is -1.62. The normalized spacial score (nSPS) is 22.1. The summed E-state index contributed by atoms with van der Waals surface area (Å²) in [5, 5.41) is 0. The fourth-order valence-corrected chi connectivity index (χ4v) is 3.66. The monoisotopic (exact) mass is 344 g/mol. The number of hydrogen-bond acceptors (Lipinski definition) is 5. The van der Waals surface area contributed by atoms with Crippen LogP contribution < -0.4 is 4.90 Å². The Balaban J connectivity index is 2.18. The average molecular weight is 344 g/mol. The Hall–Kier alpha value is -2.70. The lowest BCUT2D eigenvalue weighted by Gasteiger charge is -2.50. The Morgan fingerprint density at radius 2 is 1.92 bits per heavy atom. The molecule has 1 atom stereocenters. The highest BCUT2D eigenvalue weighted by Crippen LogP contribution is 2.45. The number of carbonyl (C=O) groups excluding carboxylic acids is 4. The molecule has 0 bridgehead atoms. The Morgan fingerprint density at radius 1 is 1.24 bits per heavy atom. The molecule has 7 heteroatoms. The Morgan fingerprint density at radius 3 is 2.56 bits per heavy atom. The van der Waals surface area contributed by atoms with Gasteiger partial charge in [-0.3, -0.25) is 19.3 Å². The summed E-state index contributed by atoms with van der Waals surface area (Å²) in [5.41, 5.74) is -0.750. The maximum absolute atomic E-state index is 13.1. The quantitative estimate of drug-likeness (QED) is 0.773. The minimum absolute atomic E-state index is 0.125. The number of amides is 2. The molecule has 2 heterocycles. The second-order valence-corrected chi connectivity index (χ2v) is 6.61. The van der Waals surface area contributed by atoms with E-state index in [1.54, 1.807) is 38.1 Å². The van der Waals surface area contributed by atoms with Crippen LogP contribution in [0.1, 0.15) is 44.0 Å². The highest BCUT2D eigenvalue weighted by molar-refractivity contribution is 6.15.